The molecule has 27 heavy (non-hydrogen) atoms. The number of amides is 1. The highest BCUT2D eigenvalue weighted by molar-refractivity contribution is 6.00. The second-order valence-electron chi connectivity index (χ2n) is 6.39. The molecule has 0 radical (unpaired) electrons. The first-order valence-electron chi connectivity index (χ1n) is 8.51. The quantitative estimate of drug-likeness (QED) is 0.442. The van der Waals surface area contributed by atoms with Crippen LogP contribution in [0.2, 0.25) is 0 Å². The van der Waals surface area contributed by atoms with Gasteiger partial charge in [-0.05, 0) is 35.7 Å². The molecule has 0 aliphatic heterocycles. The van der Waals surface area contributed by atoms with Crippen LogP contribution in [0.3, 0.4) is 0 Å². The van der Waals surface area contributed by atoms with Gasteiger partial charge in [0.15, 0.2) is 0 Å². The molecule has 0 saturated heterocycles. The Morgan fingerprint density at radius 2 is 2.04 bits per heavy atom. The molecule has 4 aromatic rings. The van der Waals surface area contributed by atoms with Crippen molar-refractivity contribution in [2.45, 2.75) is 0 Å². The van der Waals surface area contributed by atoms with Crippen LogP contribution >= 0.6 is 0 Å². The standard InChI is InChI=1S/C22H18N4O/c1-4-21(27)24-18-12-19-17(14-26(3)22(19)23-13-18)8-6-15-5-7-16-9-10-25(2)20(16)11-15/h4-5,7,9-14H,1H2,2-3H3,(H,24,27). The van der Waals surface area contributed by atoms with Crippen molar-refractivity contribution in [3.8, 4) is 11.8 Å². The predicted octanol–water partition coefficient (Wildman–Crippen LogP) is 3.59. The lowest BCUT2D eigenvalue weighted by molar-refractivity contribution is -0.111. The summed E-state index contributed by atoms with van der Waals surface area (Å²) in [5.41, 5.74) is 4.39. The van der Waals surface area contributed by atoms with Crippen molar-refractivity contribution in [1.29, 1.82) is 0 Å². The van der Waals surface area contributed by atoms with Crippen LogP contribution in [0.1, 0.15) is 11.1 Å². The number of hydrogen-bond acceptors (Lipinski definition) is 2. The maximum Gasteiger partial charge on any atom is 0.247 e. The maximum absolute atomic E-state index is 11.5. The van der Waals surface area contributed by atoms with Crippen molar-refractivity contribution in [2.75, 3.05) is 5.32 Å². The summed E-state index contributed by atoms with van der Waals surface area (Å²) in [5, 5.41) is 4.83. The van der Waals surface area contributed by atoms with E-state index in [0.29, 0.717) is 5.69 Å². The second kappa shape index (κ2) is 6.50. The summed E-state index contributed by atoms with van der Waals surface area (Å²) in [6, 6.07) is 10.2. The number of aryl methyl sites for hydroxylation is 2. The Labute approximate surface area is 156 Å². The molecule has 3 aromatic heterocycles. The van der Waals surface area contributed by atoms with Crippen molar-refractivity contribution in [3.05, 3.63) is 72.7 Å². The third-order valence-corrected chi connectivity index (χ3v) is 4.50. The highest BCUT2D eigenvalue weighted by atomic mass is 16.1. The average molecular weight is 354 g/mol. The zero-order valence-electron chi connectivity index (χ0n) is 15.2. The van der Waals surface area contributed by atoms with E-state index in [0.717, 1.165) is 27.7 Å². The van der Waals surface area contributed by atoms with Gasteiger partial charge in [-0.25, -0.2) is 4.98 Å². The minimum Gasteiger partial charge on any atom is -0.351 e. The van der Waals surface area contributed by atoms with Crippen LogP contribution in [-0.2, 0) is 18.9 Å². The lowest BCUT2D eigenvalue weighted by atomic mass is 10.1. The fourth-order valence-corrected chi connectivity index (χ4v) is 3.10. The molecule has 0 bridgehead atoms. The summed E-state index contributed by atoms with van der Waals surface area (Å²) in [4.78, 5) is 16.0. The Morgan fingerprint density at radius 3 is 2.85 bits per heavy atom. The van der Waals surface area contributed by atoms with Crippen LogP contribution in [0.5, 0.6) is 0 Å². The van der Waals surface area contributed by atoms with E-state index in [4.69, 9.17) is 0 Å². The Hall–Kier alpha value is -3.78. The number of carbonyl (C=O) groups excluding carboxylic acids is 1. The lowest BCUT2D eigenvalue weighted by Crippen LogP contribution is -2.07. The van der Waals surface area contributed by atoms with Gasteiger partial charge in [0, 0.05) is 43.0 Å². The largest absolute Gasteiger partial charge is 0.351 e. The molecule has 0 unspecified atom stereocenters. The number of nitrogens with zero attached hydrogens (tertiary/aromatic N) is 3. The van der Waals surface area contributed by atoms with Crippen LogP contribution in [0.15, 0.2) is 61.6 Å². The topological polar surface area (TPSA) is 51.9 Å². The third kappa shape index (κ3) is 3.09. The Morgan fingerprint density at radius 1 is 1.19 bits per heavy atom. The summed E-state index contributed by atoms with van der Waals surface area (Å²) in [6.45, 7) is 3.47. The summed E-state index contributed by atoms with van der Waals surface area (Å²) in [5.74, 6) is 6.21. The van der Waals surface area contributed by atoms with E-state index in [1.165, 1.54) is 11.5 Å². The molecular weight excluding hydrogens is 336 g/mol. The molecule has 4 rings (SSSR count). The monoisotopic (exact) mass is 354 g/mol. The predicted molar refractivity (Wildman–Crippen MR) is 108 cm³/mol. The first kappa shape index (κ1) is 16.7. The summed E-state index contributed by atoms with van der Waals surface area (Å²) in [6.07, 6.45) is 6.85. The number of pyridine rings is 1. The Balaban J connectivity index is 1.75. The molecule has 132 valence electrons. The van der Waals surface area contributed by atoms with E-state index >= 15 is 0 Å². The Kier molecular flexibility index (Phi) is 4.02. The van der Waals surface area contributed by atoms with Crippen molar-refractivity contribution in [1.82, 2.24) is 14.1 Å². The van der Waals surface area contributed by atoms with Gasteiger partial charge in [-0.15, -0.1) is 0 Å². The van der Waals surface area contributed by atoms with E-state index in [-0.39, 0.29) is 5.91 Å². The Bertz CT molecular complexity index is 1260. The molecule has 0 aliphatic rings. The smallest absolute Gasteiger partial charge is 0.247 e. The molecule has 1 aromatic carbocycles. The molecular formula is C22H18N4O. The highest BCUT2D eigenvalue weighted by Crippen LogP contribution is 2.22. The molecule has 5 heteroatoms. The van der Waals surface area contributed by atoms with Gasteiger partial charge < -0.3 is 14.5 Å². The van der Waals surface area contributed by atoms with Gasteiger partial charge in [-0.1, -0.05) is 24.5 Å². The molecule has 0 aliphatic carbocycles. The molecule has 5 nitrogen and oxygen atoms in total. The number of rotatable bonds is 2. The minimum absolute atomic E-state index is 0.268. The molecule has 1 amide bonds. The number of carbonyl (C=O) groups is 1. The lowest BCUT2D eigenvalue weighted by Gasteiger charge is -2.02. The number of aromatic nitrogens is 3. The number of nitrogens with one attached hydrogen (secondary N) is 1. The van der Waals surface area contributed by atoms with Gasteiger partial charge in [0.2, 0.25) is 5.91 Å². The molecule has 0 spiro atoms. The van der Waals surface area contributed by atoms with Gasteiger partial charge >= 0.3 is 0 Å². The van der Waals surface area contributed by atoms with Crippen molar-refractivity contribution < 1.29 is 4.79 Å². The van der Waals surface area contributed by atoms with Crippen LogP contribution in [0.25, 0.3) is 21.9 Å². The SMILES string of the molecule is C=CC(=O)Nc1cnc2c(c1)c(C#Cc1ccc3ccn(C)c3c1)cn2C. The van der Waals surface area contributed by atoms with Crippen LogP contribution in [-0.4, -0.2) is 20.0 Å². The third-order valence-electron chi connectivity index (χ3n) is 4.50. The number of benzene rings is 1. The summed E-state index contributed by atoms with van der Waals surface area (Å²) < 4.78 is 4.01. The zero-order chi connectivity index (χ0) is 19.0. The van der Waals surface area contributed by atoms with E-state index in [9.17, 15) is 4.79 Å². The van der Waals surface area contributed by atoms with E-state index < -0.39 is 0 Å². The van der Waals surface area contributed by atoms with Gasteiger partial charge in [-0.2, -0.15) is 0 Å². The highest BCUT2D eigenvalue weighted by Gasteiger charge is 2.08. The summed E-state index contributed by atoms with van der Waals surface area (Å²) >= 11 is 0. The first-order chi connectivity index (χ1) is 13.0. The van der Waals surface area contributed by atoms with Crippen molar-refractivity contribution >= 4 is 33.5 Å². The van der Waals surface area contributed by atoms with Gasteiger partial charge in [0.05, 0.1) is 17.4 Å². The number of anilines is 1. The van der Waals surface area contributed by atoms with Crippen LogP contribution < -0.4 is 5.32 Å². The first-order valence-corrected chi connectivity index (χ1v) is 8.51. The zero-order valence-corrected chi connectivity index (χ0v) is 15.2. The number of hydrogen-bond donors (Lipinski definition) is 1. The van der Waals surface area contributed by atoms with Gasteiger partial charge in [0.1, 0.15) is 5.65 Å². The number of fused-ring (bicyclic) bond motifs is 2. The fourth-order valence-electron chi connectivity index (χ4n) is 3.10. The average Bonchev–Trinajstić information content (AvgIpc) is 3.20. The molecule has 0 saturated carbocycles. The molecule has 0 atom stereocenters. The maximum atomic E-state index is 11.5. The van der Waals surface area contributed by atoms with Gasteiger partial charge in [0.25, 0.3) is 0 Å². The van der Waals surface area contributed by atoms with E-state index in [1.54, 1.807) is 6.20 Å². The summed E-state index contributed by atoms with van der Waals surface area (Å²) in [7, 11) is 3.95. The normalized spacial score (nSPS) is 10.6. The second-order valence-corrected chi connectivity index (χ2v) is 6.39. The minimum atomic E-state index is -0.268. The van der Waals surface area contributed by atoms with Crippen LogP contribution in [0, 0.1) is 11.8 Å². The van der Waals surface area contributed by atoms with E-state index in [2.05, 4.69) is 51.5 Å². The molecule has 1 N–H and O–H groups in total. The van der Waals surface area contributed by atoms with Crippen molar-refractivity contribution in [2.24, 2.45) is 14.1 Å². The molecule has 3 heterocycles. The molecule has 0 fully saturated rings. The van der Waals surface area contributed by atoms with E-state index in [1.807, 2.05) is 43.2 Å². The van der Waals surface area contributed by atoms with Crippen LogP contribution in [0.4, 0.5) is 5.69 Å². The van der Waals surface area contributed by atoms with Gasteiger partial charge in [-0.3, -0.25) is 4.79 Å². The fraction of sp³-hybridized carbons (Fsp3) is 0.0909. The van der Waals surface area contributed by atoms with Crippen molar-refractivity contribution in [3.63, 3.8) is 0 Å².